The highest BCUT2D eigenvalue weighted by atomic mass is 79.9. The van der Waals surface area contributed by atoms with E-state index in [4.69, 9.17) is 10.5 Å². The molecule has 19 heavy (non-hydrogen) atoms. The molecule has 0 bridgehead atoms. The van der Waals surface area contributed by atoms with Gasteiger partial charge in [0.05, 0.1) is 4.47 Å². The maximum absolute atomic E-state index is 13.3. The number of rotatable bonds is 4. The molecule has 0 aliphatic carbocycles. The predicted molar refractivity (Wildman–Crippen MR) is 72.7 cm³/mol. The fourth-order valence-corrected chi connectivity index (χ4v) is 1.97. The van der Waals surface area contributed by atoms with Crippen LogP contribution in [0.2, 0.25) is 0 Å². The number of ether oxygens (including phenoxy) is 1. The second kappa shape index (κ2) is 6.12. The second-order valence-electron chi connectivity index (χ2n) is 3.99. The number of hydrogen-bond donors (Lipinski definition) is 1. The van der Waals surface area contributed by atoms with Gasteiger partial charge < -0.3 is 10.5 Å². The number of halogens is 3. The van der Waals surface area contributed by atoms with Crippen LogP contribution in [0.5, 0.6) is 5.75 Å². The molecule has 0 aliphatic heterocycles. The summed E-state index contributed by atoms with van der Waals surface area (Å²) in [7, 11) is 0. The molecule has 0 heterocycles. The van der Waals surface area contributed by atoms with E-state index in [0.29, 0.717) is 15.8 Å². The van der Waals surface area contributed by atoms with Crippen LogP contribution >= 0.6 is 15.9 Å². The van der Waals surface area contributed by atoms with Crippen molar-refractivity contribution in [2.24, 2.45) is 5.73 Å². The fraction of sp³-hybridized carbons (Fsp3) is 0.143. The average Bonchev–Trinajstić information content (AvgIpc) is 2.41. The molecule has 0 radical (unpaired) electrons. The molecule has 0 aliphatic rings. The van der Waals surface area contributed by atoms with E-state index in [9.17, 15) is 8.78 Å². The van der Waals surface area contributed by atoms with Gasteiger partial charge in [0.2, 0.25) is 0 Å². The largest absolute Gasteiger partial charge is 0.489 e. The molecule has 0 amide bonds. The molecule has 0 fully saturated rings. The van der Waals surface area contributed by atoms with Crippen LogP contribution in [0.1, 0.15) is 11.1 Å². The van der Waals surface area contributed by atoms with E-state index in [1.54, 1.807) is 18.2 Å². The first kappa shape index (κ1) is 14.0. The van der Waals surface area contributed by atoms with Crippen molar-refractivity contribution in [2.75, 3.05) is 0 Å². The summed E-state index contributed by atoms with van der Waals surface area (Å²) in [6.07, 6.45) is 0. The summed E-state index contributed by atoms with van der Waals surface area (Å²) in [5.41, 5.74) is 6.69. The van der Waals surface area contributed by atoms with Crippen molar-refractivity contribution in [3.63, 3.8) is 0 Å². The lowest BCUT2D eigenvalue weighted by atomic mass is 10.1. The van der Waals surface area contributed by atoms with Gasteiger partial charge in [0, 0.05) is 12.1 Å². The van der Waals surface area contributed by atoms with E-state index in [-0.39, 0.29) is 24.8 Å². The zero-order valence-corrected chi connectivity index (χ0v) is 11.6. The van der Waals surface area contributed by atoms with Gasteiger partial charge in [-0.15, -0.1) is 0 Å². The molecule has 100 valence electrons. The highest BCUT2D eigenvalue weighted by molar-refractivity contribution is 9.10. The van der Waals surface area contributed by atoms with Crippen LogP contribution in [0.4, 0.5) is 8.78 Å². The van der Waals surface area contributed by atoms with Crippen molar-refractivity contribution in [2.45, 2.75) is 13.2 Å². The Morgan fingerprint density at radius 2 is 1.79 bits per heavy atom. The van der Waals surface area contributed by atoms with Gasteiger partial charge in [-0.25, -0.2) is 8.78 Å². The van der Waals surface area contributed by atoms with Crippen molar-refractivity contribution >= 4 is 15.9 Å². The Morgan fingerprint density at radius 1 is 1.05 bits per heavy atom. The first-order valence-corrected chi connectivity index (χ1v) is 6.44. The molecule has 2 nitrogen and oxygen atoms in total. The smallest absolute Gasteiger partial charge is 0.137 e. The number of nitrogens with two attached hydrogens (primary N) is 1. The Morgan fingerprint density at radius 3 is 2.47 bits per heavy atom. The van der Waals surface area contributed by atoms with Crippen LogP contribution in [0.15, 0.2) is 40.9 Å². The zero-order chi connectivity index (χ0) is 13.8. The quantitative estimate of drug-likeness (QED) is 0.927. The van der Waals surface area contributed by atoms with Gasteiger partial charge >= 0.3 is 0 Å². The second-order valence-corrected chi connectivity index (χ2v) is 4.85. The third kappa shape index (κ3) is 3.52. The van der Waals surface area contributed by atoms with E-state index < -0.39 is 0 Å². The lowest BCUT2D eigenvalue weighted by Crippen LogP contribution is -2.02. The Kier molecular flexibility index (Phi) is 4.50. The molecule has 0 saturated heterocycles. The molecule has 2 N–H and O–H groups in total. The van der Waals surface area contributed by atoms with Crippen LogP contribution in [-0.2, 0) is 13.2 Å². The van der Waals surface area contributed by atoms with Gasteiger partial charge in [0.25, 0.3) is 0 Å². The summed E-state index contributed by atoms with van der Waals surface area (Å²) in [6.45, 7) is 0.410. The van der Waals surface area contributed by atoms with Gasteiger partial charge in [0.1, 0.15) is 24.0 Å². The van der Waals surface area contributed by atoms with E-state index in [2.05, 4.69) is 15.9 Å². The summed E-state index contributed by atoms with van der Waals surface area (Å²) in [5, 5.41) is 0. The van der Waals surface area contributed by atoms with Crippen LogP contribution in [0.3, 0.4) is 0 Å². The highest BCUT2D eigenvalue weighted by Gasteiger charge is 2.04. The highest BCUT2D eigenvalue weighted by Crippen LogP contribution is 2.22. The minimum atomic E-state index is -0.348. The maximum atomic E-state index is 13.3. The van der Waals surface area contributed by atoms with Gasteiger partial charge in [-0.05, 0) is 51.8 Å². The normalized spacial score (nSPS) is 10.5. The first-order chi connectivity index (χ1) is 9.10. The van der Waals surface area contributed by atoms with Crippen molar-refractivity contribution in [3.05, 3.63) is 63.6 Å². The third-order valence-corrected chi connectivity index (χ3v) is 3.23. The van der Waals surface area contributed by atoms with E-state index in [0.717, 1.165) is 5.56 Å². The summed E-state index contributed by atoms with van der Waals surface area (Å²) < 4.78 is 32.2. The Hall–Kier alpha value is -1.46. The summed E-state index contributed by atoms with van der Waals surface area (Å²) in [5.74, 6) is -0.137. The van der Waals surface area contributed by atoms with Crippen molar-refractivity contribution in [3.8, 4) is 5.75 Å². The minimum absolute atomic E-state index is 0.141. The Labute approximate surface area is 118 Å². The summed E-state index contributed by atoms with van der Waals surface area (Å²) in [6, 6.07) is 9.05. The van der Waals surface area contributed by atoms with E-state index in [1.165, 1.54) is 18.2 Å². The summed E-state index contributed by atoms with van der Waals surface area (Å²) in [4.78, 5) is 0. The van der Waals surface area contributed by atoms with Gasteiger partial charge in [-0.1, -0.05) is 6.07 Å². The number of benzene rings is 2. The van der Waals surface area contributed by atoms with Crippen LogP contribution in [0, 0.1) is 11.6 Å². The van der Waals surface area contributed by atoms with Crippen LogP contribution < -0.4 is 10.5 Å². The van der Waals surface area contributed by atoms with Crippen LogP contribution in [0.25, 0.3) is 0 Å². The molecule has 0 unspecified atom stereocenters. The minimum Gasteiger partial charge on any atom is -0.489 e. The van der Waals surface area contributed by atoms with Gasteiger partial charge in [0.15, 0.2) is 0 Å². The SMILES string of the molecule is NCc1cc(COc2ccc(F)c(Br)c2)ccc1F. The molecule has 0 saturated carbocycles. The molecule has 0 atom stereocenters. The third-order valence-electron chi connectivity index (χ3n) is 2.63. The molecule has 0 aromatic heterocycles. The van der Waals surface area contributed by atoms with Crippen LogP contribution in [-0.4, -0.2) is 0 Å². The van der Waals surface area contributed by atoms with E-state index >= 15 is 0 Å². The fourth-order valence-electron chi connectivity index (χ4n) is 1.61. The molecular formula is C14H12BrF2NO. The lowest BCUT2D eigenvalue weighted by molar-refractivity contribution is 0.305. The first-order valence-electron chi connectivity index (χ1n) is 5.65. The van der Waals surface area contributed by atoms with Gasteiger partial charge in [-0.3, -0.25) is 0 Å². The molecular weight excluding hydrogens is 316 g/mol. The molecule has 2 rings (SSSR count). The molecule has 2 aromatic rings. The molecule has 0 spiro atoms. The van der Waals surface area contributed by atoms with Crippen molar-refractivity contribution in [1.82, 2.24) is 0 Å². The Balaban J connectivity index is 2.07. The topological polar surface area (TPSA) is 35.2 Å². The average molecular weight is 328 g/mol. The van der Waals surface area contributed by atoms with Gasteiger partial charge in [-0.2, -0.15) is 0 Å². The molecule has 2 aromatic carbocycles. The standard InChI is InChI=1S/C14H12BrF2NO/c15-12-6-11(2-4-14(12)17)19-8-9-1-3-13(16)10(5-9)7-18/h1-6H,7-8,18H2. The Bertz CT molecular complexity index is 590. The monoisotopic (exact) mass is 327 g/mol. The lowest BCUT2D eigenvalue weighted by Gasteiger charge is -2.08. The maximum Gasteiger partial charge on any atom is 0.137 e. The molecule has 5 heteroatoms. The number of hydrogen-bond acceptors (Lipinski definition) is 2. The predicted octanol–water partition coefficient (Wildman–Crippen LogP) is 3.77. The van der Waals surface area contributed by atoms with Crippen molar-refractivity contribution < 1.29 is 13.5 Å². The zero-order valence-electron chi connectivity index (χ0n) is 10.00. The van der Waals surface area contributed by atoms with Crippen molar-refractivity contribution in [1.29, 1.82) is 0 Å². The summed E-state index contributed by atoms with van der Waals surface area (Å²) >= 11 is 3.08. The van der Waals surface area contributed by atoms with E-state index in [1.807, 2.05) is 0 Å².